The number of rotatable bonds is 3. The molecule has 5 heteroatoms. The van der Waals surface area contributed by atoms with Gasteiger partial charge in [0.05, 0.1) is 13.2 Å². The Balaban J connectivity index is 2.05. The highest BCUT2D eigenvalue weighted by molar-refractivity contribution is 6.35. The van der Waals surface area contributed by atoms with E-state index in [1.165, 1.54) is 0 Å². The van der Waals surface area contributed by atoms with Crippen LogP contribution >= 0.6 is 23.2 Å². The van der Waals surface area contributed by atoms with Gasteiger partial charge in [-0.05, 0) is 23.8 Å². The summed E-state index contributed by atoms with van der Waals surface area (Å²) in [7, 11) is 0. The van der Waals surface area contributed by atoms with E-state index in [1.54, 1.807) is 18.5 Å². The second-order valence-electron chi connectivity index (χ2n) is 4.99. The van der Waals surface area contributed by atoms with Crippen molar-refractivity contribution in [2.45, 2.75) is 18.6 Å². The Bertz CT molecular complexity index is 627. The summed E-state index contributed by atoms with van der Waals surface area (Å²) in [5.74, 6) is -0.944. The van der Waals surface area contributed by atoms with Crippen molar-refractivity contribution < 1.29 is 9.47 Å². The van der Waals surface area contributed by atoms with Crippen LogP contribution in [0.4, 0.5) is 0 Å². The Morgan fingerprint density at radius 1 is 1.19 bits per heavy atom. The Morgan fingerprint density at radius 2 is 1.95 bits per heavy atom. The number of benzene rings is 1. The molecule has 0 amide bonds. The van der Waals surface area contributed by atoms with Gasteiger partial charge in [-0.2, -0.15) is 0 Å². The van der Waals surface area contributed by atoms with Crippen LogP contribution in [0.15, 0.2) is 42.7 Å². The molecule has 3 nitrogen and oxygen atoms in total. The molecule has 2 heterocycles. The monoisotopic (exact) mass is 323 g/mol. The van der Waals surface area contributed by atoms with E-state index in [1.807, 2.05) is 31.2 Å². The molecule has 0 radical (unpaired) electrons. The van der Waals surface area contributed by atoms with Gasteiger partial charge < -0.3 is 9.47 Å². The van der Waals surface area contributed by atoms with Gasteiger partial charge in [-0.1, -0.05) is 42.3 Å². The van der Waals surface area contributed by atoms with Crippen LogP contribution in [0.2, 0.25) is 10.0 Å². The van der Waals surface area contributed by atoms with Crippen molar-refractivity contribution in [2.24, 2.45) is 0 Å². The van der Waals surface area contributed by atoms with Gasteiger partial charge in [0.2, 0.25) is 5.79 Å². The van der Waals surface area contributed by atoms with Gasteiger partial charge in [-0.3, -0.25) is 4.98 Å². The first kappa shape index (κ1) is 14.8. The zero-order valence-electron chi connectivity index (χ0n) is 11.6. The molecule has 1 fully saturated rings. The molecular weight excluding hydrogens is 309 g/mol. The predicted molar refractivity (Wildman–Crippen MR) is 82.7 cm³/mol. The molecule has 0 N–H and O–H groups in total. The number of aromatic nitrogens is 1. The van der Waals surface area contributed by atoms with Crippen molar-refractivity contribution in [3.8, 4) is 0 Å². The van der Waals surface area contributed by atoms with E-state index in [0.717, 1.165) is 11.1 Å². The number of halogens is 2. The zero-order valence-corrected chi connectivity index (χ0v) is 13.1. The van der Waals surface area contributed by atoms with Crippen molar-refractivity contribution in [2.75, 3.05) is 13.2 Å². The quantitative estimate of drug-likeness (QED) is 0.839. The van der Waals surface area contributed by atoms with Crippen molar-refractivity contribution in [1.82, 2.24) is 4.98 Å². The van der Waals surface area contributed by atoms with Gasteiger partial charge in [0.1, 0.15) is 0 Å². The van der Waals surface area contributed by atoms with Gasteiger partial charge >= 0.3 is 0 Å². The highest BCUT2D eigenvalue weighted by atomic mass is 35.5. The number of hydrogen-bond acceptors (Lipinski definition) is 3. The molecule has 110 valence electrons. The first-order valence-electron chi connectivity index (χ1n) is 6.77. The number of pyridine rings is 1. The number of nitrogens with zero attached hydrogens (tertiary/aromatic N) is 1. The lowest BCUT2D eigenvalue weighted by molar-refractivity contribution is -0.181. The Kier molecular flexibility index (Phi) is 4.18. The summed E-state index contributed by atoms with van der Waals surface area (Å²) in [4.78, 5) is 4.17. The molecule has 1 saturated heterocycles. The third-order valence-electron chi connectivity index (χ3n) is 3.78. The van der Waals surface area contributed by atoms with E-state index >= 15 is 0 Å². The van der Waals surface area contributed by atoms with Gasteiger partial charge in [-0.15, -0.1) is 0 Å². The normalized spacial score (nSPS) is 18.6. The highest BCUT2D eigenvalue weighted by Crippen LogP contribution is 2.45. The van der Waals surface area contributed by atoms with Crippen LogP contribution in [0.3, 0.4) is 0 Å². The molecule has 0 spiro atoms. The maximum atomic E-state index is 6.34. The smallest absolute Gasteiger partial charge is 0.203 e. The minimum atomic E-state index is -0.855. The lowest BCUT2D eigenvalue weighted by atomic mass is 9.87. The van der Waals surface area contributed by atoms with Crippen LogP contribution in [-0.2, 0) is 15.3 Å². The van der Waals surface area contributed by atoms with Gasteiger partial charge in [0, 0.05) is 33.9 Å². The van der Waals surface area contributed by atoms with E-state index in [0.29, 0.717) is 23.3 Å². The molecular formula is C16H15Cl2NO2. The van der Waals surface area contributed by atoms with Crippen LogP contribution in [0.5, 0.6) is 0 Å². The third-order valence-corrected chi connectivity index (χ3v) is 4.34. The largest absolute Gasteiger partial charge is 0.343 e. The van der Waals surface area contributed by atoms with Crippen molar-refractivity contribution in [3.63, 3.8) is 0 Å². The fourth-order valence-electron chi connectivity index (χ4n) is 2.72. The molecule has 2 aromatic rings. The van der Waals surface area contributed by atoms with Crippen molar-refractivity contribution in [1.29, 1.82) is 0 Å². The minimum Gasteiger partial charge on any atom is -0.343 e. The van der Waals surface area contributed by atoms with Crippen LogP contribution < -0.4 is 0 Å². The topological polar surface area (TPSA) is 31.4 Å². The van der Waals surface area contributed by atoms with Gasteiger partial charge in [-0.25, -0.2) is 0 Å². The summed E-state index contributed by atoms with van der Waals surface area (Å²) < 4.78 is 11.9. The summed E-state index contributed by atoms with van der Waals surface area (Å²) in [6.07, 6.45) is 3.50. The average Bonchev–Trinajstić information content (AvgIpc) is 2.98. The molecule has 0 bridgehead atoms. The third kappa shape index (κ3) is 2.67. The van der Waals surface area contributed by atoms with Gasteiger partial charge in [0.15, 0.2) is 0 Å². The standard InChI is InChI=1S/C16H15Cl2NO2/c1-11(14-5-4-13(17)9-15(14)18)16(20-7-8-21-16)12-3-2-6-19-10-12/h2-6,9-11H,7-8H2,1H3. The average molecular weight is 324 g/mol. The first-order chi connectivity index (χ1) is 10.1. The molecule has 1 aromatic heterocycles. The molecule has 0 saturated carbocycles. The predicted octanol–water partition coefficient (Wildman–Crippen LogP) is 4.39. The fourth-order valence-corrected chi connectivity index (χ4v) is 3.29. The number of ether oxygens (including phenoxy) is 2. The maximum Gasteiger partial charge on any atom is 0.203 e. The van der Waals surface area contributed by atoms with E-state index in [9.17, 15) is 0 Å². The zero-order chi connectivity index (χ0) is 14.9. The summed E-state index contributed by atoms with van der Waals surface area (Å²) in [6, 6.07) is 9.31. The second kappa shape index (κ2) is 5.93. The highest BCUT2D eigenvalue weighted by Gasteiger charge is 2.45. The molecule has 0 aliphatic carbocycles. The summed E-state index contributed by atoms with van der Waals surface area (Å²) in [5.41, 5.74) is 1.83. The van der Waals surface area contributed by atoms with E-state index in [4.69, 9.17) is 32.7 Å². The second-order valence-corrected chi connectivity index (χ2v) is 5.84. The lowest BCUT2D eigenvalue weighted by Gasteiger charge is -2.34. The first-order valence-corrected chi connectivity index (χ1v) is 7.52. The van der Waals surface area contributed by atoms with Crippen LogP contribution in [0.1, 0.15) is 24.0 Å². The van der Waals surface area contributed by atoms with Crippen molar-refractivity contribution >= 4 is 23.2 Å². The molecule has 21 heavy (non-hydrogen) atoms. The molecule has 1 aliphatic rings. The fraction of sp³-hybridized carbons (Fsp3) is 0.312. The summed E-state index contributed by atoms with van der Waals surface area (Å²) >= 11 is 12.3. The Labute approximate surface area is 133 Å². The van der Waals surface area contributed by atoms with Crippen LogP contribution in [-0.4, -0.2) is 18.2 Å². The molecule has 1 atom stereocenters. The maximum absolute atomic E-state index is 6.34. The summed E-state index contributed by atoms with van der Waals surface area (Å²) in [6.45, 7) is 3.13. The van der Waals surface area contributed by atoms with Crippen LogP contribution in [0.25, 0.3) is 0 Å². The Hall–Kier alpha value is -1.13. The van der Waals surface area contributed by atoms with E-state index in [-0.39, 0.29) is 5.92 Å². The lowest BCUT2D eigenvalue weighted by Crippen LogP contribution is -2.33. The minimum absolute atomic E-state index is 0.0889. The number of hydrogen-bond donors (Lipinski definition) is 0. The molecule has 1 aliphatic heterocycles. The SMILES string of the molecule is CC(c1ccc(Cl)cc1Cl)C1(c2cccnc2)OCCO1. The molecule has 1 unspecified atom stereocenters. The van der Waals surface area contributed by atoms with Crippen molar-refractivity contribution in [3.05, 3.63) is 63.9 Å². The van der Waals surface area contributed by atoms with E-state index in [2.05, 4.69) is 4.98 Å². The molecule has 3 rings (SSSR count). The Morgan fingerprint density at radius 3 is 2.57 bits per heavy atom. The van der Waals surface area contributed by atoms with E-state index < -0.39 is 5.79 Å². The molecule has 1 aromatic carbocycles. The van der Waals surface area contributed by atoms with Gasteiger partial charge in [0.25, 0.3) is 0 Å². The van der Waals surface area contributed by atoms with Crippen LogP contribution in [0, 0.1) is 0 Å². The summed E-state index contributed by atoms with van der Waals surface area (Å²) in [5, 5.41) is 1.22.